The quantitative estimate of drug-likeness (QED) is 0.630. The summed E-state index contributed by atoms with van der Waals surface area (Å²) in [5, 5.41) is 0. The number of carbonyl (C=O) groups excluding carboxylic acids is 1. The van der Waals surface area contributed by atoms with Gasteiger partial charge in [0.2, 0.25) is 0 Å². The number of carbonyl (C=O) groups is 1. The van der Waals surface area contributed by atoms with Gasteiger partial charge in [-0.2, -0.15) is 0 Å². The summed E-state index contributed by atoms with van der Waals surface area (Å²) in [5.74, 6) is -0.547. The van der Waals surface area contributed by atoms with Crippen molar-refractivity contribution < 1.29 is 14.3 Å². The van der Waals surface area contributed by atoms with E-state index in [-0.39, 0.29) is 28.3 Å². The zero-order valence-corrected chi connectivity index (χ0v) is 12.4. The molecule has 5 nitrogen and oxygen atoms in total. The first-order valence-corrected chi connectivity index (χ1v) is 6.44. The molecule has 0 aromatic carbocycles. The molecule has 0 aliphatic rings. The first kappa shape index (κ1) is 14.8. The van der Waals surface area contributed by atoms with Crippen LogP contribution in [-0.4, -0.2) is 24.3 Å². The number of esters is 1. The number of nitrogens with zero attached hydrogens (tertiary/aromatic N) is 1. The topological polar surface area (TPSA) is 57.5 Å². The number of hydrogen-bond donors (Lipinski definition) is 0. The van der Waals surface area contributed by atoms with Crippen LogP contribution >= 0.6 is 15.9 Å². The van der Waals surface area contributed by atoms with Gasteiger partial charge in [0.25, 0.3) is 5.56 Å². The molecule has 1 aromatic rings. The van der Waals surface area contributed by atoms with Gasteiger partial charge in [-0.3, -0.25) is 4.79 Å². The molecule has 1 atom stereocenters. The lowest BCUT2D eigenvalue weighted by atomic mass is 10.1. The van der Waals surface area contributed by atoms with Gasteiger partial charge in [-0.15, -0.1) is 0 Å². The lowest BCUT2D eigenvalue weighted by Gasteiger charge is -2.15. The molecule has 0 aliphatic carbocycles. The van der Waals surface area contributed by atoms with Crippen molar-refractivity contribution in [3.8, 4) is 5.75 Å². The van der Waals surface area contributed by atoms with Crippen LogP contribution in [0.25, 0.3) is 0 Å². The van der Waals surface area contributed by atoms with Crippen LogP contribution in [0.15, 0.2) is 10.9 Å². The summed E-state index contributed by atoms with van der Waals surface area (Å²) in [4.78, 5) is 23.8. The van der Waals surface area contributed by atoms with Crippen molar-refractivity contribution in [2.24, 2.45) is 7.05 Å². The van der Waals surface area contributed by atoms with E-state index in [0.717, 1.165) is 0 Å². The van der Waals surface area contributed by atoms with Crippen molar-refractivity contribution >= 4 is 21.9 Å². The Kier molecular flexibility index (Phi) is 4.95. The summed E-state index contributed by atoms with van der Waals surface area (Å²) >= 11 is 3.38. The molecule has 18 heavy (non-hydrogen) atoms. The molecule has 1 aromatic heterocycles. The summed E-state index contributed by atoms with van der Waals surface area (Å²) in [6, 6.07) is 1.61. The van der Waals surface area contributed by atoms with Gasteiger partial charge < -0.3 is 14.0 Å². The summed E-state index contributed by atoms with van der Waals surface area (Å²) in [6.45, 7) is 3.83. The Labute approximate surface area is 114 Å². The van der Waals surface area contributed by atoms with Crippen molar-refractivity contribution in [2.75, 3.05) is 13.7 Å². The molecule has 6 heteroatoms. The number of methoxy groups -OCH3 is 1. The van der Waals surface area contributed by atoms with Crippen LogP contribution in [0.5, 0.6) is 5.75 Å². The lowest BCUT2D eigenvalue weighted by molar-refractivity contribution is 0.0522. The second-order valence-corrected chi connectivity index (χ2v) is 5.09. The Morgan fingerprint density at radius 3 is 2.61 bits per heavy atom. The maximum absolute atomic E-state index is 12.1. The highest BCUT2D eigenvalue weighted by atomic mass is 79.9. The van der Waals surface area contributed by atoms with Crippen molar-refractivity contribution in [1.82, 2.24) is 4.57 Å². The molecule has 0 N–H and O–H groups in total. The van der Waals surface area contributed by atoms with E-state index in [1.165, 1.54) is 11.7 Å². The number of halogens is 1. The second kappa shape index (κ2) is 6.04. The molecule has 0 saturated carbocycles. The number of alkyl halides is 1. The van der Waals surface area contributed by atoms with Crippen LogP contribution in [0, 0.1) is 0 Å². The largest absolute Gasteiger partial charge is 0.490 e. The third kappa shape index (κ3) is 2.75. The van der Waals surface area contributed by atoms with Crippen molar-refractivity contribution in [2.45, 2.75) is 18.7 Å². The van der Waals surface area contributed by atoms with Crippen LogP contribution in [0.4, 0.5) is 0 Å². The molecule has 0 fully saturated rings. The Morgan fingerprint density at radius 2 is 2.17 bits per heavy atom. The number of rotatable bonds is 4. The van der Waals surface area contributed by atoms with Gasteiger partial charge in [0, 0.05) is 12.7 Å². The summed E-state index contributed by atoms with van der Waals surface area (Å²) in [6.07, 6.45) is 0. The Bertz CT molecular complexity index is 508. The van der Waals surface area contributed by atoms with Gasteiger partial charge >= 0.3 is 5.97 Å². The van der Waals surface area contributed by atoms with Crippen molar-refractivity contribution in [3.63, 3.8) is 0 Å². The molecule has 0 bridgehead atoms. The molecule has 0 spiro atoms. The van der Waals surface area contributed by atoms with Gasteiger partial charge in [-0.05, 0) is 19.9 Å². The average Bonchev–Trinajstić information content (AvgIpc) is 2.32. The van der Waals surface area contributed by atoms with Crippen LogP contribution < -0.4 is 10.3 Å². The molecule has 0 amide bonds. The van der Waals surface area contributed by atoms with E-state index in [2.05, 4.69) is 15.9 Å². The predicted octanol–water partition coefficient (Wildman–Crippen LogP) is 2.03. The molecular formula is C12H16BrNO4. The second-order valence-electron chi connectivity index (χ2n) is 3.72. The maximum atomic E-state index is 12.1. The van der Waals surface area contributed by atoms with Gasteiger partial charge in [-0.25, -0.2) is 4.79 Å². The Balaban J connectivity index is 3.49. The monoisotopic (exact) mass is 317 g/mol. The molecule has 1 rings (SSSR count). The van der Waals surface area contributed by atoms with Gasteiger partial charge in [0.1, 0.15) is 5.56 Å². The maximum Gasteiger partial charge on any atom is 0.342 e. The van der Waals surface area contributed by atoms with Crippen LogP contribution in [0.1, 0.15) is 34.7 Å². The minimum absolute atomic E-state index is 0.00727. The fraction of sp³-hybridized carbons (Fsp3) is 0.500. The van der Waals surface area contributed by atoms with Crippen LogP contribution in [-0.2, 0) is 11.8 Å². The van der Waals surface area contributed by atoms with Gasteiger partial charge in [-0.1, -0.05) is 15.9 Å². The molecule has 0 radical (unpaired) electrons. The van der Waals surface area contributed by atoms with Crippen molar-refractivity contribution in [3.05, 3.63) is 27.7 Å². The normalized spacial score (nSPS) is 12.1. The summed E-state index contributed by atoms with van der Waals surface area (Å²) in [5.41, 5.74) is 0.483. The first-order valence-electron chi connectivity index (χ1n) is 5.53. The smallest absolute Gasteiger partial charge is 0.342 e. The van der Waals surface area contributed by atoms with E-state index in [0.29, 0.717) is 5.69 Å². The minimum atomic E-state index is -0.554. The van der Waals surface area contributed by atoms with E-state index in [9.17, 15) is 9.59 Å². The zero-order chi connectivity index (χ0) is 13.9. The molecule has 0 aliphatic heterocycles. The summed E-state index contributed by atoms with van der Waals surface area (Å²) < 4.78 is 11.4. The van der Waals surface area contributed by atoms with Gasteiger partial charge in [0.15, 0.2) is 5.75 Å². The highest BCUT2D eigenvalue weighted by molar-refractivity contribution is 9.09. The number of hydrogen-bond acceptors (Lipinski definition) is 4. The Morgan fingerprint density at radius 1 is 1.56 bits per heavy atom. The van der Waals surface area contributed by atoms with E-state index in [4.69, 9.17) is 9.47 Å². The highest BCUT2D eigenvalue weighted by Gasteiger charge is 2.21. The number of aromatic nitrogens is 1. The van der Waals surface area contributed by atoms with E-state index < -0.39 is 5.97 Å². The standard InChI is InChI=1S/C12H16BrNO4/c1-5-18-12(16)8-6-9(7(2)13)14(3)11(15)10(8)17-4/h6-7H,5H2,1-4H3. The van der Waals surface area contributed by atoms with E-state index in [1.807, 2.05) is 6.92 Å². The molecule has 100 valence electrons. The van der Waals surface area contributed by atoms with E-state index in [1.54, 1.807) is 20.0 Å². The molecule has 1 unspecified atom stereocenters. The fourth-order valence-electron chi connectivity index (χ4n) is 1.63. The SMILES string of the molecule is CCOC(=O)c1cc(C(C)Br)n(C)c(=O)c1OC. The number of pyridine rings is 1. The molecular weight excluding hydrogens is 302 g/mol. The third-order valence-electron chi connectivity index (χ3n) is 2.53. The average molecular weight is 318 g/mol. The molecule has 0 saturated heterocycles. The van der Waals surface area contributed by atoms with Crippen LogP contribution in [0.3, 0.4) is 0 Å². The Hall–Kier alpha value is -1.30. The minimum Gasteiger partial charge on any atom is -0.490 e. The first-order chi connectivity index (χ1) is 8.43. The van der Waals surface area contributed by atoms with Gasteiger partial charge in [0.05, 0.1) is 18.5 Å². The van der Waals surface area contributed by atoms with Crippen molar-refractivity contribution in [1.29, 1.82) is 0 Å². The van der Waals surface area contributed by atoms with Crippen LogP contribution in [0.2, 0.25) is 0 Å². The lowest BCUT2D eigenvalue weighted by Crippen LogP contribution is -2.25. The number of ether oxygens (including phenoxy) is 2. The highest BCUT2D eigenvalue weighted by Crippen LogP contribution is 2.24. The third-order valence-corrected chi connectivity index (χ3v) is 3.00. The zero-order valence-electron chi connectivity index (χ0n) is 10.8. The predicted molar refractivity (Wildman–Crippen MR) is 71.5 cm³/mol. The van der Waals surface area contributed by atoms with E-state index >= 15 is 0 Å². The summed E-state index contributed by atoms with van der Waals surface area (Å²) in [7, 11) is 2.99. The fourth-order valence-corrected chi connectivity index (χ4v) is 2.07. The molecule has 1 heterocycles.